The Kier molecular flexibility index (Phi) is 5.15. The molecule has 0 saturated carbocycles. The van der Waals surface area contributed by atoms with Crippen molar-refractivity contribution in [3.05, 3.63) is 22.3 Å². The van der Waals surface area contributed by atoms with Crippen molar-refractivity contribution in [3.8, 4) is 11.5 Å². The number of aromatic nitrogens is 6. The average Bonchev–Trinajstić information content (AvgIpc) is 3.03. The van der Waals surface area contributed by atoms with Gasteiger partial charge in [0.2, 0.25) is 12.1 Å². The molecule has 0 aliphatic rings. The van der Waals surface area contributed by atoms with E-state index in [2.05, 4.69) is 49.7 Å². The molecule has 0 bridgehead atoms. The summed E-state index contributed by atoms with van der Waals surface area (Å²) in [5, 5.41) is 16.6. The second kappa shape index (κ2) is 6.87. The van der Waals surface area contributed by atoms with E-state index >= 15 is 0 Å². The lowest BCUT2D eigenvalue weighted by molar-refractivity contribution is -0.0502. The minimum atomic E-state index is -0.406. The number of nitrogens with zero attached hydrogens (tertiary/aromatic N) is 6. The molecule has 0 aliphatic heterocycles. The summed E-state index contributed by atoms with van der Waals surface area (Å²) in [4.78, 5) is 1.42. The molecule has 2 aromatic rings. The Morgan fingerprint density at radius 3 is 2.81 bits per heavy atom. The summed E-state index contributed by atoms with van der Waals surface area (Å²) in [6.07, 6.45) is 2.00. The highest BCUT2D eigenvalue weighted by atomic mass is 127. The molecule has 2 heterocycles. The molecule has 0 amide bonds. The highest BCUT2D eigenvalue weighted by Gasteiger charge is 2.19. The number of ether oxygens (including phenoxy) is 2. The fraction of sp³-hybridized carbons (Fsp3) is 0.500. The smallest absolute Gasteiger partial charge is 0.273 e. The maximum atomic E-state index is 5.57. The molecule has 0 saturated heterocycles. The first kappa shape index (κ1) is 15.7. The number of hydrogen-bond acceptors (Lipinski definition) is 6. The largest absolute Gasteiger partial charge is 0.466 e. The standard InChI is InChI=1S/C12H17IN6O2/c1-5-10(21-8(3)20-6-2)19-16-12(15-17-19)11-9(13)7-14-18(11)4/h7,10H,3,5-6H2,1-2,4H3. The number of rotatable bonds is 7. The molecule has 0 aromatic carbocycles. The summed E-state index contributed by atoms with van der Waals surface area (Å²) in [7, 11) is 1.84. The average molecular weight is 404 g/mol. The highest BCUT2D eigenvalue weighted by molar-refractivity contribution is 14.1. The van der Waals surface area contributed by atoms with Crippen molar-refractivity contribution in [2.45, 2.75) is 26.5 Å². The topological polar surface area (TPSA) is 79.9 Å². The quantitative estimate of drug-likeness (QED) is 0.520. The van der Waals surface area contributed by atoms with Gasteiger partial charge in [-0.05, 0) is 41.3 Å². The molecule has 0 fully saturated rings. The Morgan fingerprint density at radius 2 is 2.24 bits per heavy atom. The van der Waals surface area contributed by atoms with E-state index in [0.29, 0.717) is 18.9 Å². The van der Waals surface area contributed by atoms with Crippen LogP contribution in [0.25, 0.3) is 11.5 Å². The van der Waals surface area contributed by atoms with Crippen LogP contribution < -0.4 is 0 Å². The maximum Gasteiger partial charge on any atom is 0.273 e. The molecule has 1 unspecified atom stereocenters. The van der Waals surface area contributed by atoms with Crippen LogP contribution in [0, 0.1) is 3.57 Å². The summed E-state index contributed by atoms with van der Waals surface area (Å²) < 4.78 is 13.4. The number of aryl methyl sites for hydroxylation is 1. The molecule has 0 spiro atoms. The zero-order valence-corrected chi connectivity index (χ0v) is 14.3. The Labute approximate surface area is 136 Å². The van der Waals surface area contributed by atoms with E-state index in [9.17, 15) is 0 Å². The monoisotopic (exact) mass is 404 g/mol. The summed E-state index contributed by atoms with van der Waals surface area (Å²) in [5.41, 5.74) is 0.820. The van der Waals surface area contributed by atoms with Crippen molar-refractivity contribution in [3.63, 3.8) is 0 Å². The van der Waals surface area contributed by atoms with Crippen molar-refractivity contribution >= 4 is 22.6 Å². The van der Waals surface area contributed by atoms with Gasteiger partial charge in [-0.25, -0.2) is 0 Å². The Morgan fingerprint density at radius 1 is 1.48 bits per heavy atom. The molecule has 1 atom stereocenters. The first-order valence-electron chi connectivity index (χ1n) is 6.52. The van der Waals surface area contributed by atoms with E-state index < -0.39 is 6.23 Å². The van der Waals surface area contributed by atoms with Gasteiger partial charge in [-0.3, -0.25) is 4.68 Å². The predicted octanol–water partition coefficient (Wildman–Crippen LogP) is 2.11. The van der Waals surface area contributed by atoms with E-state index in [1.807, 2.05) is 20.9 Å². The van der Waals surface area contributed by atoms with E-state index in [0.717, 1.165) is 9.26 Å². The Hall–Kier alpha value is -1.65. The van der Waals surface area contributed by atoms with E-state index in [1.54, 1.807) is 10.9 Å². The molecule has 0 aliphatic carbocycles. The van der Waals surface area contributed by atoms with Gasteiger partial charge < -0.3 is 9.47 Å². The number of hydrogen-bond donors (Lipinski definition) is 0. The van der Waals surface area contributed by atoms with Gasteiger partial charge in [0.15, 0.2) is 0 Å². The van der Waals surface area contributed by atoms with Crippen molar-refractivity contribution in [2.75, 3.05) is 6.61 Å². The van der Waals surface area contributed by atoms with Gasteiger partial charge in [-0.2, -0.15) is 5.10 Å². The van der Waals surface area contributed by atoms with E-state index in [1.165, 1.54) is 4.80 Å². The van der Waals surface area contributed by atoms with Crippen LogP contribution in [0.4, 0.5) is 0 Å². The van der Waals surface area contributed by atoms with E-state index in [-0.39, 0.29) is 5.95 Å². The fourth-order valence-electron chi connectivity index (χ4n) is 1.74. The molecule has 8 nitrogen and oxygen atoms in total. The van der Waals surface area contributed by atoms with Gasteiger partial charge in [0.25, 0.3) is 5.95 Å². The molecular weight excluding hydrogens is 387 g/mol. The Bertz CT molecular complexity index is 604. The second-order valence-electron chi connectivity index (χ2n) is 4.18. The summed E-state index contributed by atoms with van der Waals surface area (Å²) >= 11 is 2.19. The third-order valence-corrected chi connectivity index (χ3v) is 3.50. The molecule has 2 aromatic heterocycles. The fourth-order valence-corrected chi connectivity index (χ4v) is 2.46. The van der Waals surface area contributed by atoms with Crippen molar-refractivity contribution < 1.29 is 9.47 Å². The van der Waals surface area contributed by atoms with Gasteiger partial charge >= 0.3 is 0 Å². The zero-order chi connectivity index (χ0) is 15.4. The summed E-state index contributed by atoms with van der Waals surface area (Å²) in [6, 6.07) is 0. The van der Waals surface area contributed by atoms with Crippen LogP contribution in [-0.2, 0) is 16.5 Å². The molecule has 9 heteroatoms. The molecule has 114 valence electrons. The van der Waals surface area contributed by atoms with Gasteiger partial charge in [0.1, 0.15) is 5.69 Å². The van der Waals surface area contributed by atoms with Crippen molar-refractivity contribution in [1.82, 2.24) is 30.0 Å². The van der Waals surface area contributed by atoms with Crippen molar-refractivity contribution in [1.29, 1.82) is 0 Å². The lowest BCUT2D eigenvalue weighted by Gasteiger charge is -2.16. The minimum absolute atomic E-state index is 0.248. The maximum absolute atomic E-state index is 5.57. The second-order valence-corrected chi connectivity index (χ2v) is 5.35. The van der Waals surface area contributed by atoms with Crippen LogP contribution in [-0.4, -0.2) is 36.6 Å². The SMILES string of the molecule is C=C(OCC)OC(CC)n1nnc(-c2c(I)cnn2C)n1. The van der Waals surface area contributed by atoms with Crippen LogP contribution in [0.15, 0.2) is 18.7 Å². The predicted molar refractivity (Wildman–Crippen MR) is 83.9 cm³/mol. The molecule has 21 heavy (non-hydrogen) atoms. The minimum Gasteiger partial charge on any atom is -0.466 e. The van der Waals surface area contributed by atoms with Crippen LogP contribution in [0.2, 0.25) is 0 Å². The van der Waals surface area contributed by atoms with Gasteiger partial charge in [-0.1, -0.05) is 6.92 Å². The van der Waals surface area contributed by atoms with Gasteiger partial charge in [0.05, 0.1) is 16.4 Å². The third kappa shape index (κ3) is 3.52. The summed E-state index contributed by atoms with van der Waals surface area (Å²) in [6.45, 7) is 8.02. The third-order valence-electron chi connectivity index (χ3n) is 2.71. The number of halogens is 1. The Balaban J connectivity index is 2.20. The molecular formula is C12H17IN6O2. The van der Waals surface area contributed by atoms with Crippen LogP contribution in [0.5, 0.6) is 0 Å². The van der Waals surface area contributed by atoms with Crippen LogP contribution in [0.3, 0.4) is 0 Å². The molecule has 0 radical (unpaired) electrons. The van der Waals surface area contributed by atoms with E-state index in [4.69, 9.17) is 9.47 Å². The first-order chi connectivity index (χ1) is 10.1. The van der Waals surface area contributed by atoms with Gasteiger partial charge in [0, 0.05) is 13.5 Å². The number of tetrazole rings is 1. The highest BCUT2D eigenvalue weighted by Crippen LogP contribution is 2.22. The molecule has 0 N–H and O–H groups in total. The molecule has 2 rings (SSSR count). The van der Waals surface area contributed by atoms with Crippen LogP contribution in [0.1, 0.15) is 26.5 Å². The summed E-state index contributed by atoms with van der Waals surface area (Å²) in [5.74, 6) is 0.752. The normalized spacial score (nSPS) is 12.2. The first-order valence-corrected chi connectivity index (χ1v) is 7.60. The lowest BCUT2D eigenvalue weighted by atomic mass is 10.4. The van der Waals surface area contributed by atoms with Crippen molar-refractivity contribution in [2.24, 2.45) is 7.05 Å². The lowest BCUT2D eigenvalue weighted by Crippen LogP contribution is -2.16. The zero-order valence-electron chi connectivity index (χ0n) is 12.2. The van der Waals surface area contributed by atoms with Gasteiger partial charge in [-0.15, -0.1) is 15.0 Å². The van der Waals surface area contributed by atoms with Crippen LogP contribution >= 0.6 is 22.6 Å².